The van der Waals surface area contributed by atoms with Crippen LogP contribution in [0.15, 0.2) is 12.7 Å². The topological polar surface area (TPSA) is 47.6 Å². The molecule has 0 radical (unpaired) electrons. The molecular weight excluding hydrogens is 232 g/mol. The van der Waals surface area contributed by atoms with E-state index in [1.165, 1.54) is 0 Å². The van der Waals surface area contributed by atoms with Gasteiger partial charge in [-0.05, 0) is 6.42 Å². The fourth-order valence-electron chi connectivity index (χ4n) is 1.44. The van der Waals surface area contributed by atoms with Crippen molar-refractivity contribution in [3.8, 4) is 0 Å². The van der Waals surface area contributed by atoms with Crippen molar-refractivity contribution >= 4 is 5.97 Å². The second-order valence-electron chi connectivity index (χ2n) is 3.83. The van der Waals surface area contributed by atoms with Gasteiger partial charge in [0.05, 0.1) is 19.6 Å². The predicted octanol–water partition coefficient (Wildman–Crippen LogP) is 1.12. The van der Waals surface area contributed by atoms with Crippen molar-refractivity contribution in [3.63, 3.8) is 0 Å². The van der Waals surface area contributed by atoms with Crippen LogP contribution in [0.25, 0.3) is 0 Å². The van der Waals surface area contributed by atoms with Crippen molar-refractivity contribution in [1.82, 2.24) is 5.32 Å². The average Bonchev–Trinajstić information content (AvgIpc) is 2.51. The molecule has 1 unspecified atom stereocenters. The molecule has 98 valence electrons. The zero-order valence-corrected chi connectivity index (χ0v) is 9.59. The van der Waals surface area contributed by atoms with E-state index < -0.39 is 24.4 Å². The van der Waals surface area contributed by atoms with E-state index in [2.05, 4.69) is 16.6 Å². The van der Waals surface area contributed by atoms with Crippen LogP contribution in [0.4, 0.5) is 8.78 Å². The number of esters is 1. The van der Waals surface area contributed by atoms with Crippen molar-refractivity contribution in [3.05, 3.63) is 12.7 Å². The van der Waals surface area contributed by atoms with Gasteiger partial charge < -0.3 is 14.8 Å². The molecule has 0 aromatic heterocycles. The Morgan fingerprint density at radius 3 is 2.94 bits per heavy atom. The Morgan fingerprint density at radius 1 is 1.59 bits per heavy atom. The van der Waals surface area contributed by atoms with Crippen LogP contribution >= 0.6 is 0 Å². The average molecular weight is 249 g/mol. The van der Waals surface area contributed by atoms with E-state index in [1.54, 1.807) is 6.08 Å². The van der Waals surface area contributed by atoms with Crippen LogP contribution in [0.2, 0.25) is 0 Å². The zero-order valence-electron chi connectivity index (χ0n) is 9.59. The van der Waals surface area contributed by atoms with Gasteiger partial charge in [-0.25, -0.2) is 4.79 Å². The maximum Gasteiger partial charge on any atom is 0.377 e. The van der Waals surface area contributed by atoms with Gasteiger partial charge in [0.25, 0.3) is 0 Å². The number of carbonyl (C=O) groups excluding carboxylic acids is 1. The van der Waals surface area contributed by atoms with Gasteiger partial charge in [-0.2, -0.15) is 8.78 Å². The van der Waals surface area contributed by atoms with Crippen molar-refractivity contribution < 1.29 is 23.0 Å². The van der Waals surface area contributed by atoms with Crippen LogP contribution in [-0.4, -0.2) is 44.3 Å². The molecule has 6 heteroatoms. The maximum atomic E-state index is 12.8. The molecule has 0 aliphatic carbocycles. The third kappa shape index (κ3) is 4.79. The lowest BCUT2D eigenvalue weighted by atomic mass is 10.2. The molecule has 0 amide bonds. The van der Waals surface area contributed by atoms with E-state index in [4.69, 9.17) is 4.74 Å². The number of cyclic esters (lactones) is 1. The molecule has 1 atom stereocenters. The van der Waals surface area contributed by atoms with Crippen molar-refractivity contribution in [2.24, 2.45) is 0 Å². The van der Waals surface area contributed by atoms with Gasteiger partial charge in [-0.3, -0.25) is 0 Å². The third-order valence-corrected chi connectivity index (χ3v) is 2.32. The zero-order chi connectivity index (χ0) is 12.7. The minimum atomic E-state index is -3.33. The Morgan fingerprint density at radius 2 is 2.35 bits per heavy atom. The molecule has 17 heavy (non-hydrogen) atoms. The normalized spacial score (nSPS) is 22.5. The predicted molar refractivity (Wildman–Crippen MR) is 57.9 cm³/mol. The van der Waals surface area contributed by atoms with Gasteiger partial charge >= 0.3 is 11.9 Å². The molecule has 1 saturated heterocycles. The third-order valence-electron chi connectivity index (χ3n) is 2.32. The number of hydrogen-bond acceptors (Lipinski definition) is 4. The molecule has 1 heterocycles. The van der Waals surface area contributed by atoms with Crippen molar-refractivity contribution in [1.29, 1.82) is 0 Å². The first-order chi connectivity index (χ1) is 8.06. The molecule has 1 N–H and O–H groups in total. The lowest BCUT2D eigenvalue weighted by Gasteiger charge is -2.09. The monoisotopic (exact) mass is 249 g/mol. The highest BCUT2D eigenvalue weighted by atomic mass is 19.3. The first kappa shape index (κ1) is 14.1. The summed E-state index contributed by atoms with van der Waals surface area (Å²) in [6.45, 7) is 5.41. The summed E-state index contributed by atoms with van der Waals surface area (Å²) in [5, 5.41) is 2.90. The molecule has 4 nitrogen and oxygen atoms in total. The highest BCUT2D eigenvalue weighted by molar-refractivity contribution is 5.79. The van der Waals surface area contributed by atoms with E-state index in [-0.39, 0.29) is 6.54 Å². The summed E-state index contributed by atoms with van der Waals surface area (Å²) < 4.78 is 35.3. The molecular formula is C11H17F2NO3. The molecule has 0 aromatic rings. The highest BCUT2D eigenvalue weighted by Crippen LogP contribution is 2.30. The Balaban J connectivity index is 2.01. The Kier molecular flexibility index (Phi) is 5.50. The molecule has 1 aliphatic heterocycles. The van der Waals surface area contributed by atoms with Gasteiger partial charge in [0.1, 0.15) is 6.10 Å². The van der Waals surface area contributed by atoms with Crippen LogP contribution in [0.1, 0.15) is 12.8 Å². The molecule has 0 aromatic carbocycles. The number of rotatable bonds is 8. The Hall–Kier alpha value is -1.01. The molecule has 1 rings (SSSR count). The minimum absolute atomic E-state index is 0.228. The van der Waals surface area contributed by atoms with Crippen molar-refractivity contribution in [2.45, 2.75) is 24.9 Å². The first-order valence-corrected chi connectivity index (χ1v) is 5.54. The smallest absolute Gasteiger partial charge is 0.377 e. The standard InChI is InChI=1S/C11H17F2NO3/c1-2-3-5-16-6-4-14-8-9-7-11(12,13)10(15)17-9/h2,9,14H,1,3-8H2. The number of carbonyl (C=O) groups is 1. The number of hydrogen-bond donors (Lipinski definition) is 1. The maximum absolute atomic E-state index is 12.8. The van der Waals surface area contributed by atoms with Gasteiger partial charge in [0.15, 0.2) is 0 Å². The summed E-state index contributed by atoms with van der Waals surface area (Å²) in [5.41, 5.74) is 0. The van der Waals surface area contributed by atoms with Crippen molar-refractivity contribution in [2.75, 3.05) is 26.3 Å². The lowest BCUT2D eigenvalue weighted by molar-refractivity contribution is -0.159. The molecule has 0 saturated carbocycles. The summed E-state index contributed by atoms with van der Waals surface area (Å²) in [4.78, 5) is 10.7. The summed E-state index contributed by atoms with van der Waals surface area (Å²) in [5.74, 6) is -4.75. The van der Waals surface area contributed by atoms with E-state index in [9.17, 15) is 13.6 Å². The Labute approximate surface area is 99.0 Å². The highest BCUT2D eigenvalue weighted by Gasteiger charge is 2.50. The van der Waals surface area contributed by atoms with Gasteiger partial charge in [0.2, 0.25) is 0 Å². The number of alkyl halides is 2. The van der Waals surface area contributed by atoms with E-state index in [0.717, 1.165) is 6.42 Å². The molecule has 1 aliphatic rings. The summed E-state index contributed by atoms with van der Waals surface area (Å²) in [6.07, 6.45) is 1.25. The first-order valence-electron chi connectivity index (χ1n) is 5.54. The Bertz CT molecular complexity index is 271. The largest absolute Gasteiger partial charge is 0.456 e. The fraction of sp³-hybridized carbons (Fsp3) is 0.727. The van der Waals surface area contributed by atoms with Crippen LogP contribution in [0.3, 0.4) is 0 Å². The van der Waals surface area contributed by atoms with Gasteiger partial charge in [0, 0.05) is 13.1 Å². The molecule has 1 fully saturated rings. The summed E-state index contributed by atoms with van der Waals surface area (Å²) in [7, 11) is 0. The summed E-state index contributed by atoms with van der Waals surface area (Å²) in [6, 6.07) is 0. The second kappa shape index (κ2) is 6.66. The van der Waals surface area contributed by atoms with Crippen LogP contribution in [-0.2, 0) is 14.3 Å². The number of nitrogens with one attached hydrogen (secondary N) is 1. The summed E-state index contributed by atoms with van der Waals surface area (Å²) >= 11 is 0. The van der Waals surface area contributed by atoms with Crippen LogP contribution in [0.5, 0.6) is 0 Å². The number of ether oxygens (including phenoxy) is 2. The van der Waals surface area contributed by atoms with Gasteiger partial charge in [-0.1, -0.05) is 6.08 Å². The van der Waals surface area contributed by atoms with E-state index in [1.807, 2.05) is 0 Å². The van der Waals surface area contributed by atoms with E-state index in [0.29, 0.717) is 19.8 Å². The van der Waals surface area contributed by atoms with Gasteiger partial charge in [-0.15, -0.1) is 6.58 Å². The second-order valence-corrected chi connectivity index (χ2v) is 3.83. The lowest BCUT2D eigenvalue weighted by Crippen LogP contribution is -2.29. The minimum Gasteiger partial charge on any atom is -0.456 e. The molecule has 0 spiro atoms. The fourth-order valence-corrected chi connectivity index (χ4v) is 1.44. The quantitative estimate of drug-likeness (QED) is 0.398. The van der Waals surface area contributed by atoms with E-state index >= 15 is 0 Å². The van der Waals surface area contributed by atoms with Crippen LogP contribution in [0, 0.1) is 0 Å². The molecule has 0 bridgehead atoms. The van der Waals surface area contributed by atoms with Crippen LogP contribution < -0.4 is 5.32 Å². The number of halogens is 2. The SMILES string of the molecule is C=CCCOCCNCC1CC(F)(F)C(=O)O1.